The largest absolute Gasteiger partial charge is 0.366 e. The molecule has 1 aromatic heterocycles. The zero-order chi connectivity index (χ0) is 23.4. The first-order valence-corrected chi connectivity index (χ1v) is 10.6. The van der Waals surface area contributed by atoms with Gasteiger partial charge in [-0.15, -0.1) is 0 Å². The van der Waals surface area contributed by atoms with Crippen molar-refractivity contribution in [1.29, 1.82) is 0 Å². The third-order valence-electron chi connectivity index (χ3n) is 4.60. The summed E-state index contributed by atoms with van der Waals surface area (Å²) in [5, 5.41) is 2.41. The topological polar surface area (TPSA) is 80.0 Å². The highest BCUT2D eigenvalue weighted by molar-refractivity contribution is 8.00. The lowest BCUT2D eigenvalue weighted by Crippen LogP contribution is -2.17. The Morgan fingerprint density at radius 1 is 1.06 bits per heavy atom. The van der Waals surface area contributed by atoms with E-state index in [4.69, 9.17) is 5.73 Å². The number of amides is 1. The lowest BCUT2D eigenvalue weighted by molar-refractivity contribution is 0.100. The smallest absolute Gasteiger partial charge is 0.250 e. The van der Waals surface area contributed by atoms with Gasteiger partial charge in [0.05, 0.1) is 16.9 Å². The molecule has 0 aliphatic rings. The van der Waals surface area contributed by atoms with Gasteiger partial charge in [0.15, 0.2) is 23.3 Å². The number of anilines is 3. The van der Waals surface area contributed by atoms with Crippen molar-refractivity contribution in [3.63, 3.8) is 0 Å². The van der Waals surface area contributed by atoms with Crippen LogP contribution in [-0.4, -0.2) is 16.6 Å². The maximum absolute atomic E-state index is 14.9. The number of pyridine rings is 1. The Hall–Kier alpha value is -3.27. The second-order valence-electron chi connectivity index (χ2n) is 6.90. The molecule has 0 saturated heterocycles. The van der Waals surface area contributed by atoms with E-state index in [9.17, 15) is 22.4 Å². The average Bonchev–Trinajstić information content (AvgIpc) is 2.75. The van der Waals surface area contributed by atoms with Crippen LogP contribution in [-0.2, 0) is 6.42 Å². The van der Waals surface area contributed by atoms with Gasteiger partial charge >= 0.3 is 0 Å². The van der Waals surface area contributed by atoms with Crippen molar-refractivity contribution in [2.45, 2.75) is 20.3 Å². The molecule has 0 aliphatic carbocycles. The van der Waals surface area contributed by atoms with Gasteiger partial charge in [-0.3, -0.25) is 4.79 Å². The number of nitrogens with zero attached hydrogens (tertiary/aromatic N) is 1. The van der Waals surface area contributed by atoms with Crippen molar-refractivity contribution in [1.82, 2.24) is 4.98 Å². The normalized spacial score (nSPS) is 10.8. The van der Waals surface area contributed by atoms with Gasteiger partial charge < -0.3 is 15.8 Å². The van der Waals surface area contributed by atoms with Crippen LogP contribution in [0.1, 0.15) is 34.0 Å². The van der Waals surface area contributed by atoms with Crippen LogP contribution in [0.15, 0.2) is 36.5 Å². The molecule has 0 aliphatic heterocycles. The van der Waals surface area contributed by atoms with E-state index < -0.39 is 40.4 Å². The highest BCUT2D eigenvalue weighted by Crippen LogP contribution is 2.31. The first kappa shape index (κ1) is 23.4. The van der Waals surface area contributed by atoms with Crippen LogP contribution in [0.4, 0.5) is 34.8 Å². The maximum Gasteiger partial charge on any atom is 0.250 e. The molecule has 5 nitrogen and oxygen atoms in total. The van der Waals surface area contributed by atoms with E-state index in [1.165, 1.54) is 36.3 Å². The molecule has 4 N–H and O–H groups in total. The van der Waals surface area contributed by atoms with Crippen molar-refractivity contribution in [3.8, 4) is 0 Å². The standard InChI is InChI=1S/C22H20F4N4OS/c1-3-32-30-22-18(25)12(6-7-28-22)9-13-10-14(21(27)31)20(19(26)17(13)24)29-16-5-4-11(2)8-15(16)23/h4-8,10,29H,3,9H2,1-2H3,(H2,27,31)(H,28,30). The van der Waals surface area contributed by atoms with E-state index in [0.29, 0.717) is 11.3 Å². The number of aromatic nitrogens is 1. The minimum absolute atomic E-state index is 0.0400. The Balaban J connectivity index is 2.02. The lowest BCUT2D eigenvalue weighted by atomic mass is 10.00. The van der Waals surface area contributed by atoms with E-state index in [1.54, 1.807) is 13.0 Å². The summed E-state index contributed by atoms with van der Waals surface area (Å²) in [7, 11) is 0. The van der Waals surface area contributed by atoms with Gasteiger partial charge in [0, 0.05) is 18.4 Å². The Morgan fingerprint density at radius 2 is 1.81 bits per heavy atom. The van der Waals surface area contributed by atoms with Crippen LogP contribution in [0.3, 0.4) is 0 Å². The van der Waals surface area contributed by atoms with Crippen molar-refractivity contribution in [2.24, 2.45) is 5.73 Å². The van der Waals surface area contributed by atoms with Gasteiger partial charge in [0.1, 0.15) is 5.82 Å². The predicted molar refractivity (Wildman–Crippen MR) is 118 cm³/mol. The second-order valence-corrected chi connectivity index (χ2v) is 7.97. The first-order chi connectivity index (χ1) is 15.2. The van der Waals surface area contributed by atoms with Crippen molar-refractivity contribution in [3.05, 3.63) is 82.1 Å². The molecule has 168 valence electrons. The fourth-order valence-corrected chi connectivity index (χ4v) is 3.44. The molecule has 3 aromatic rings. The van der Waals surface area contributed by atoms with E-state index in [1.807, 2.05) is 6.92 Å². The quantitative estimate of drug-likeness (QED) is 0.305. The van der Waals surface area contributed by atoms with Crippen LogP contribution in [0, 0.1) is 30.2 Å². The fraction of sp³-hybridized carbons (Fsp3) is 0.182. The lowest BCUT2D eigenvalue weighted by Gasteiger charge is -2.16. The Kier molecular flexibility index (Phi) is 7.24. The zero-order valence-corrected chi connectivity index (χ0v) is 18.0. The number of carbonyl (C=O) groups excluding carboxylic acids is 1. The summed E-state index contributed by atoms with van der Waals surface area (Å²) in [6.45, 7) is 3.53. The van der Waals surface area contributed by atoms with Gasteiger partial charge in [0.25, 0.3) is 5.91 Å². The van der Waals surface area contributed by atoms with Crippen LogP contribution in [0.5, 0.6) is 0 Å². The van der Waals surface area contributed by atoms with Crippen LogP contribution >= 0.6 is 11.9 Å². The molecule has 1 heterocycles. The monoisotopic (exact) mass is 464 g/mol. The first-order valence-electron chi connectivity index (χ1n) is 9.57. The number of rotatable bonds is 8. The average molecular weight is 464 g/mol. The SMILES string of the molecule is CCSNc1nccc(Cc2cc(C(N)=O)c(Nc3ccc(C)cc3F)c(F)c2F)c1F. The summed E-state index contributed by atoms with van der Waals surface area (Å²) in [5.74, 6) is -4.62. The molecule has 32 heavy (non-hydrogen) atoms. The number of carbonyl (C=O) groups is 1. The number of benzene rings is 2. The Labute approximate surface area is 186 Å². The highest BCUT2D eigenvalue weighted by atomic mass is 32.2. The van der Waals surface area contributed by atoms with Gasteiger partial charge in [-0.25, -0.2) is 22.5 Å². The number of nitrogens with one attached hydrogen (secondary N) is 2. The summed E-state index contributed by atoms with van der Waals surface area (Å²) in [5.41, 5.74) is 4.58. The van der Waals surface area contributed by atoms with E-state index in [0.717, 1.165) is 6.07 Å². The summed E-state index contributed by atoms with van der Waals surface area (Å²) < 4.78 is 61.5. The van der Waals surface area contributed by atoms with Crippen LogP contribution < -0.4 is 15.8 Å². The second kappa shape index (κ2) is 9.90. The number of hydrogen-bond acceptors (Lipinski definition) is 5. The summed E-state index contributed by atoms with van der Waals surface area (Å²) in [6, 6.07) is 6.45. The number of primary amides is 1. The van der Waals surface area contributed by atoms with Crippen molar-refractivity contribution in [2.75, 3.05) is 15.8 Å². The fourth-order valence-electron chi connectivity index (χ4n) is 3.02. The molecule has 0 fully saturated rings. The summed E-state index contributed by atoms with van der Waals surface area (Å²) >= 11 is 1.22. The Bertz CT molecular complexity index is 1170. The molecule has 0 atom stereocenters. The van der Waals surface area contributed by atoms with Crippen LogP contribution in [0.25, 0.3) is 0 Å². The number of nitrogens with two attached hydrogens (primary N) is 1. The van der Waals surface area contributed by atoms with Crippen molar-refractivity contribution >= 4 is 35.0 Å². The minimum Gasteiger partial charge on any atom is -0.366 e. The molecule has 0 unspecified atom stereocenters. The molecular weight excluding hydrogens is 444 g/mol. The minimum atomic E-state index is -1.43. The molecule has 10 heteroatoms. The van der Waals surface area contributed by atoms with Gasteiger partial charge in [-0.05, 0) is 47.9 Å². The molecular formula is C22H20F4N4OS. The molecule has 2 aromatic carbocycles. The molecule has 0 radical (unpaired) electrons. The molecule has 0 saturated carbocycles. The van der Waals surface area contributed by atoms with Crippen molar-refractivity contribution < 1.29 is 22.4 Å². The molecule has 0 spiro atoms. The van der Waals surface area contributed by atoms with E-state index >= 15 is 0 Å². The van der Waals surface area contributed by atoms with Crippen LogP contribution in [0.2, 0.25) is 0 Å². The van der Waals surface area contributed by atoms with E-state index in [-0.39, 0.29) is 29.1 Å². The summed E-state index contributed by atoms with van der Waals surface area (Å²) in [4.78, 5) is 15.8. The summed E-state index contributed by atoms with van der Waals surface area (Å²) in [6.07, 6.45) is 0.971. The zero-order valence-electron chi connectivity index (χ0n) is 17.2. The number of aryl methyl sites for hydroxylation is 1. The third-order valence-corrected chi connectivity index (χ3v) is 5.22. The number of halogens is 4. The van der Waals surface area contributed by atoms with Gasteiger partial charge in [-0.1, -0.05) is 24.9 Å². The highest BCUT2D eigenvalue weighted by Gasteiger charge is 2.23. The van der Waals surface area contributed by atoms with E-state index in [2.05, 4.69) is 15.0 Å². The third kappa shape index (κ3) is 4.96. The Morgan fingerprint density at radius 3 is 2.47 bits per heavy atom. The predicted octanol–water partition coefficient (Wildman–Crippen LogP) is 5.46. The molecule has 0 bridgehead atoms. The maximum atomic E-state index is 14.9. The molecule has 1 amide bonds. The molecule has 3 rings (SSSR count). The van der Waals surface area contributed by atoms with Gasteiger partial charge in [0.2, 0.25) is 0 Å². The van der Waals surface area contributed by atoms with Gasteiger partial charge in [-0.2, -0.15) is 0 Å². The number of hydrogen-bond donors (Lipinski definition) is 3.